The Hall–Kier alpha value is -2.86. The van der Waals surface area contributed by atoms with E-state index in [0.717, 1.165) is 5.56 Å². The molecule has 0 unspecified atom stereocenters. The molecule has 0 saturated heterocycles. The lowest BCUT2D eigenvalue weighted by atomic mass is 10.1. The number of hydrogen-bond acceptors (Lipinski definition) is 4. The van der Waals surface area contributed by atoms with Gasteiger partial charge in [-0.1, -0.05) is 35.9 Å². The van der Waals surface area contributed by atoms with E-state index < -0.39 is 10.0 Å². The second kappa shape index (κ2) is 6.80. The number of aromatic nitrogens is 1. The molecule has 0 aliphatic heterocycles. The molecule has 0 aliphatic carbocycles. The van der Waals surface area contributed by atoms with Crippen molar-refractivity contribution in [2.45, 2.75) is 11.8 Å². The summed E-state index contributed by atoms with van der Waals surface area (Å²) in [7, 11) is -0.168. The number of ketones is 1. The van der Waals surface area contributed by atoms with Gasteiger partial charge < -0.3 is 4.90 Å². The van der Waals surface area contributed by atoms with Crippen LogP contribution in [0.3, 0.4) is 0 Å². The van der Waals surface area contributed by atoms with Gasteiger partial charge >= 0.3 is 0 Å². The lowest BCUT2D eigenvalue weighted by Gasteiger charge is -2.07. The van der Waals surface area contributed by atoms with E-state index in [9.17, 15) is 13.2 Å². The average Bonchev–Trinajstić information content (AvgIpc) is 3.00. The molecule has 0 N–H and O–H groups in total. The number of rotatable bonds is 5. The molecule has 1 heterocycles. The van der Waals surface area contributed by atoms with Crippen LogP contribution in [-0.2, 0) is 10.0 Å². The largest absolute Gasteiger partial charge is 0.383 e. The number of carbonyl (C=O) groups excluding carboxylic acids is 1. The van der Waals surface area contributed by atoms with Crippen LogP contribution < -0.4 is 0 Å². The van der Waals surface area contributed by atoms with Gasteiger partial charge in [0.1, 0.15) is 0 Å². The molecular weight excluding hydrogens is 348 g/mol. The van der Waals surface area contributed by atoms with Crippen LogP contribution in [0, 0.1) is 6.92 Å². The van der Waals surface area contributed by atoms with Gasteiger partial charge in [0, 0.05) is 43.5 Å². The minimum atomic E-state index is -3.80. The summed E-state index contributed by atoms with van der Waals surface area (Å²) >= 11 is 0. The van der Waals surface area contributed by atoms with E-state index in [1.54, 1.807) is 59.6 Å². The van der Waals surface area contributed by atoms with Crippen LogP contribution >= 0.6 is 0 Å². The normalized spacial score (nSPS) is 12.0. The van der Waals surface area contributed by atoms with Crippen molar-refractivity contribution < 1.29 is 13.2 Å². The predicted molar refractivity (Wildman–Crippen MR) is 103 cm³/mol. The fraction of sp³-hybridized carbons (Fsp3) is 0.150. The maximum Gasteiger partial charge on any atom is 0.268 e. The third-order valence-electron chi connectivity index (χ3n) is 4.05. The van der Waals surface area contributed by atoms with Gasteiger partial charge in [-0.15, -0.1) is 0 Å². The van der Waals surface area contributed by atoms with Gasteiger partial charge in [0.15, 0.2) is 5.78 Å². The van der Waals surface area contributed by atoms with E-state index in [1.165, 1.54) is 16.2 Å². The first-order valence-corrected chi connectivity index (χ1v) is 9.56. The maximum atomic E-state index is 13.1. The summed E-state index contributed by atoms with van der Waals surface area (Å²) in [6.45, 7) is 1.90. The molecule has 2 aromatic carbocycles. The Morgan fingerprint density at radius 1 is 1.04 bits per heavy atom. The van der Waals surface area contributed by atoms with Crippen LogP contribution in [0.5, 0.6) is 0 Å². The average molecular weight is 368 g/mol. The van der Waals surface area contributed by atoms with Crippen molar-refractivity contribution in [1.82, 2.24) is 8.87 Å². The minimum Gasteiger partial charge on any atom is -0.383 e. The molecule has 3 aromatic rings. The van der Waals surface area contributed by atoms with Crippen molar-refractivity contribution in [3.63, 3.8) is 0 Å². The number of fused-ring (bicyclic) bond motifs is 1. The predicted octanol–water partition coefficient (Wildman–Crippen LogP) is 3.44. The molecule has 0 radical (unpaired) electrons. The maximum absolute atomic E-state index is 13.1. The van der Waals surface area contributed by atoms with Gasteiger partial charge in [-0.2, -0.15) is 0 Å². The van der Waals surface area contributed by atoms with Gasteiger partial charge in [-0.3, -0.25) is 4.79 Å². The zero-order chi connectivity index (χ0) is 18.9. The third kappa shape index (κ3) is 3.28. The number of hydrogen-bond donors (Lipinski definition) is 0. The molecule has 0 amide bonds. The molecule has 0 fully saturated rings. The third-order valence-corrected chi connectivity index (χ3v) is 5.73. The monoisotopic (exact) mass is 368 g/mol. The van der Waals surface area contributed by atoms with Crippen molar-refractivity contribution in [3.05, 3.63) is 78.1 Å². The highest BCUT2D eigenvalue weighted by molar-refractivity contribution is 7.90. The van der Waals surface area contributed by atoms with Crippen molar-refractivity contribution in [1.29, 1.82) is 0 Å². The molecule has 5 nitrogen and oxygen atoms in total. The highest BCUT2D eigenvalue weighted by Gasteiger charge is 2.22. The summed E-state index contributed by atoms with van der Waals surface area (Å²) in [5.74, 6) is -0.243. The van der Waals surface area contributed by atoms with E-state index in [1.807, 2.05) is 21.0 Å². The van der Waals surface area contributed by atoms with E-state index in [-0.39, 0.29) is 10.7 Å². The Morgan fingerprint density at radius 2 is 1.69 bits per heavy atom. The number of carbonyl (C=O) groups is 1. The summed E-state index contributed by atoms with van der Waals surface area (Å²) in [6, 6.07) is 13.7. The Labute approximate surface area is 153 Å². The first kappa shape index (κ1) is 17.9. The van der Waals surface area contributed by atoms with E-state index in [2.05, 4.69) is 0 Å². The van der Waals surface area contributed by atoms with Crippen LogP contribution in [-0.4, -0.2) is 37.2 Å². The summed E-state index contributed by atoms with van der Waals surface area (Å²) < 4.78 is 27.4. The smallest absolute Gasteiger partial charge is 0.268 e. The summed E-state index contributed by atoms with van der Waals surface area (Å²) in [4.78, 5) is 14.5. The SMILES string of the molecule is Cc1ccc(S(=O)(=O)n2cc(C(=O)/C=C/N(C)C)c3ccccc32)cc1. The van der Waals surface area contributed by atoms with E-state index >= 15 is 0 Å². The van der Waals surface area contributed by atoms with Crippen molar-refractivity contribution in [2.24, 2.45) is 0 Å². The quantitative estimate of drug-likeness (QED) is 0.511. The van der Waals surface area contributed by atoms with Gasteiger partial charge in [0.05, 0.1) is 10.4 Å². The molecule has 6 heteroatoms. The summed E-state index contributed by atoms with van der Waals surface area (Å²) in [6.07, 6.45) is 4.48. The number of allylic oxidation sites excluding steroid dienone is 1. The molecule has 0 spiro atoms. The number of nitrogens with zero attached hydrogens (tertiary/aromatic N) is 2. The zero-order valence-corrected chi connectivity index (χ0v) is 15.7. The molecule has 26 heavy (non-hydrogen) atoms. The first-order chi connectivity index (χ1) is 12.3. The first-order valence-electron chi connectivity index (χ1n) is 8.12. The molecule has 0 bridgehead atoms. The highest BCUT2D eigenvalue weighted by atomic mass is 32.2. The Morgan fingerprint density at radius 3 is 2.35 bits per heavy atom. The van der Waals surface area contributed by atoms with Crippen molar-refractivity contribution in [3.8, 4) is 0 Å². The van der Waals surface area contributed by atoms with Crippen LogP contribution in [0.25, 0.3) is 10.9 Å². The standard InChI is InChI=1S/C20H20N2O3S/c1-15-8-10-16(11-9-15)26(24,25)22-14-18(20(23)12-13-21(2)3)17-6-4-5-7-19(17)22/h4-14H,1-3H3/b13-12+. The molecule has 0 saturated carbocycles. The molecular formula is C20H20N2O3S. The second-order valence-corrected chi connectivity index (χ2v) is 8.13. The Kier molecular flexibility index (Phi) is 4.70. The number of aryl methyl sites for hydroxylation is 1. The van der Waals surface area contributed by atoms with Gasteiger partial charge in [-0.25, -0.2) is 12.4 Å². The van der Waals surface area contributed by atoms with Crippen LogP contribution in [0.1, 0.15) is 15.9 Å². The van der Waals surface area contributed by atoms with Crippen LogP contribution in [0.2, 0.25) is 0 Å². The topological polar surface area (TPSA) is 59.4 Å². The Balaban J connectivity index is 2.18. The lowest BCUT2D eigenvalue weighted by Crippen LogP contribution is -2.12. The minimum absolute atomic E-state index is 0.187. The number of para-hydroxylation sites is 1. The molecule has 1 aromatic heterocycles. The molecule has 3 rings (SSSR count). The Bertz CT molecular complexity index is 1090. The van der Waals surface area contributed by atoms with Crippen molar-refractivity contribution in [2.75, 3.05) is 14.1 Å². The van der Waals surface area contributed by atoms with Gasteiger partial charge in [-0.05, 0) is 25.1 Å². The van der Waals surface area contributed by atoms with E-state index in [4.69, 9.17) is 0 Å². The summed E-state index contributed by atoms with van der Waals surface area (Å²) in [5.41, 5.74) is 1.81. The lowest BCUT2D eigenvalue weighted by molar-refractivity contribution is 0.104. The highest BCUT2D eigenvalue weighted by Crippen LogP contribution is 2.26. The fourth-order valence-electron chi connectivity index (χ4n) is 2.68. The summed E-state index contributed by atoms with van der Waals surface area (Å²) in [5, 5.41) is 0.608. The van der Waals surface area contributed by atoms with Crippen LogP contribution in [0.15, 0.2) is 71.9 Å². The molecule has 134 valence electrons. The molecule has 0 atom stereocenters. The molecule has 0 aliphatic rings. The van der Waals surface area contributed by atoms with Crippen molar-refractivity contribution >= 4 is 26.7 Å². The number of benzene rings is 2. The fourth-order valence-corrected chi connectivity index (χ4v) is 4.04. The zero-order valence-electron chi connectivity index (χ0n) is 14.9. The second-order valence-electron chi connectivity index (χ2n) is 6.32. The van der Waals surface area contributed by atoms with Gasteiger partial charge in [0.2, 0.25) is 0 Å². The van der Waals surface area contributed by atoms with E-state index in [0.29, 0.717) is 16.5 Å². The van der Waals surface area contributed by atoms with Crippen LogP contribution in [0.4, 0.5) is 0 Å². The van der Waals surface area contributed by atoms with Gasteiger partial charge in [0.25, 0.3) is 10.0 Å².